The van der Waals surface area contributed by atoms with Crippen LogP contribution in [0.4, 0.5) is 0 Å². The van der Waals surface area contributed by atoms with Crippen molar-refractivity contribution < 1.29 is 43.6 Å². The standard InChI is InChI=1S/C25H34O9/c1-12-17-5-6-18-23(17,21(29)32-12)11-20(34-14(3)27)25(31)22(4)8-7-16(28)9-15(22)10-19(24(18,25)30)33-13(2)26/h12,15,17-20,30-31H,5-11H2,1-4H3. The number of aliphatic hydroxyl groups is 2. The van der Waals surface area contributed by atoms with Gasteiger partial charge in [-0.15, -0.1) is 0 Å². The second kappa shape index (κ2) is 7.26. The van der Waals surface area contributed by atoms with Crippen LogP contribution < -0.4 is 0 Å². The Balaban J connectivity index is 1.75. The minimum atomic E-state index is -2.07. The Morgan fingerprint density at radius 2 is 1.71 bits per heavy atom. The maximum absolute atomic E-state index is 13.4. The van der Waals surface area contributed by atoms with Crippen molar-refractivity contribution in [2.24, 2.45) is 28.6 Å². The van der Waals surface area contributed by atoms with Crippen LogP contribution in [-0.4, -0.2) is 63.4 Å². The molecule has 2 N–H and O–H groups in total. The monoisotopic (exact) mass is 478 g/mol. The van der Waals surface area contributed by atoms with Crippen LogP contribution in [0.2, 0.25) is 0 Å². The molecule has 0 bridgehead atoms. The summed E-state index contributed by atoms with van der Waals surface area (Å²) in [5.41, 5.74) is -6.26. The number of ether oxygens (including phenoxy) is 3. The first-order valence-electron chi connectivity index (χ1n) is 12.3. The molecule has 5 rings (SSSR count). The van der Waals surface area contributed by atoms with E-state index >= 15 is 0 Å². The van der Waals surface area contributed by atoms with E-state index in [1.165, 1.54) is 13.8 Å². The summed E-state index contributed by atoms with van der Waals surface area (Å²) in [5.74, 6) is -3.05. The van der Waals surface area contributed by atoms with Crippen LogP contribution in [0.25, 0.3) is 0 Å². The largest absolute Gasteiger partial charge is 0.462 e. The van der Waals surface area contributed by atoms with Crippen LogP contribution in [0, 0.1) is 28.6 Å². The number of carbonyl (C=O) groups is 4. The van der Waals surface area contributed by atoms with Crippen molar-refractivity contribution in [3.05, 3.63) is 0 Å². The Hall–Kier alpha value is -2.00. The molecule has 10 atom stereocenters. The highest BCUT2D eigenvalue weighted by Gasteiger charge is 2.84. The lowest BCUT2D eigenvalue weighted by atomic mass is 9.39. The highest BCUT2D eigenvalue weighted by molar-refractivity contribution is 5.82. The number of fused-ring (bicyclic) bond motifs is 4. The second-order valence-corrected chi connectivity index (χ2v) is 11.5. The number of carbonyl (C=O) groups excluding carboxylic acids is 4. The molecule has 4 aliphatic carbocycles. The van der Waals surface area contributed by atoms with Crippen LogP contribution in [0.5, 0.6) is 0 Å². The van der Waals surface area contributed by atoms with Gasteiger partial charge in [-0.05, 0) is 38.5 Å². The molecule has 1 saturated heterocycles. The van der Waals surface area contributed by atoms with Crippen molar-refractivity contribution in [2.45, 2.75) is 102 Å². The first-order chi connectivity index (χ1) is 15.8. The van der Waals surface area contributed by atoms with Crippen LogP contribution in [-0.2, 0) is 33.4 Å². The summed E-state index contributed by atoms with van der Waals surface area (Å²) >= 11 is 0. The molecular formula is C25H34O9. The summed E-state index contributed by atoms with van der Waals surface area (Å²) in [7, 11) is 0. The summed E-state index contributed by atoms with van der Waals surface area (Å²) < 4.78 is 17.0. The maximum atomic E-state index is 13.4. The van der Waals surface area contributed by atoms with E-state index in [1.807, 2.05) is 13.8 Å². The van der Waals surface area contributed by atoms with E-state index in [4.69, 9.17) is 14.2 Å². The first-order valence-corrected chi connectivity index (χ1v) is 12.3. The fourth-order valence-electron chi connectivity index (χ4n) is 8.84. The molecule has 5 fully saturated rings. The van der Waals surface area contributed by atoms with Crippen molar-refractivity contribution in [3.63, 3.8) is 0 Å². The number of hydrogen-bond donors (Lipinski definition) is 2. The Morgan fingerprint density at radius 3 is 2.35 bits per heavy atom. The molecule has 0 aromatic rings. The smallest absolute Gasteiger partial charge is 0.313 e. The number of hydrogen-bond acceptors (Lipinski definition) is 9. The number of ketones is 1. The Labute approximate surface area is 198 Å². The van der Waals surface area contributed by atoms with E-state index in [0.717, 1.165) is 0 Å². The van der Waals surface area contributed by atoms with Gasteiger partial charge in [-0.2, -0.15) is 0 Å². The summed E-state index contributed by atoms with van der Waals surface area (Å²) in [5, 5.41) is 25.4. The zero-order valence-electron chi connectivity index (χ0n) is 20.2. The molecule has 9 nitrogen and oxygen atoms in total. The van der Waals surface area contributed by atoms with Crippen molar-refractivity contribution in [3.8, 4) is 0 Å². The third kappa shape index (κ3) is 2.63. The molecule has 0 aromatic heterocycles. The van der Waals surface area contributed by atoms with Gasteiger partial charge in [-0.1, -0.05) is 6.92 Å². The van der Waals surface area contributed by atoms with Gasteiger partial charge in [0.1, 0.15) is 35.3 Å². The molecule has 1 heterocycles. The van der Waals surface area contributed by atoms with E-state index < -0.39 is 58.1 Å². The Morgan fingerprint density at radius 1 is 1.06 bits per heavy atom. The van der Waals surface area contributed by atoms with Crippen LogP contribution in [0.1, 0.15) is 72.6 Å². The molecule has 5 aliphatic rings. The molecule has 0 amide bonds. The molecule has 1 aliphatic heterocycles. The lowest BCUT2D eigenvalue weighted by Crippen LogP contribution is -2.84. The zero-order valence-corrected chi connectivity index (χ0v) is 20.2. The van der Waals surface area contributed by atoms with Gasteiger partial charge < -0.3 is 24.4 Å². The lowest BCUT2D eigenvalue weighted by Gasteiger charge is -2.70. The molecule has 0 radical (unpaired) electrons. The first kappa shape index (κ1) is 23.7. The molecule has 9 heteroatoms. The summed E-state index contributed by atoms with van der Waals surface area (Å²) in [4.78, 5) is 50.2. The number of Topliss-reactive ketones (excluding diaryl/α,β-unsaturated/α-hetero) is 1. The maximum Gasteiger partial charge on any atom is 0.313 e. The molecular weight excluding hydrogens is 444 g/mol. The minimum Gasteiger partial charge on any atom is -0.462 e. The molecule has 1 spiro atoms. The Kier molecular flexibility index (Phi) is 5.07. The third-order valence-electron chi connectivity index (χ3n) is 10.2. The van der Waals surface area contributed by atoms with Gasteiger partial charge in [0, 0.05) is 50.4 Å². The van der Waals surface area contributed by atoms with Crippen molar-refractivity contribution in [1.29, 1.82) is 0 Å². The van der Waals surface area contributed by atoms with Crippen molar-refractivity contribution in [1.82, 2.24) is 0 Å². The highest BCUT2D eigenvalue weighted by Crippen LogP contribution is 2.73. The second-order valence-electron chi connectivity index (χ2n) is 11.5. The Bertz CT molecular complexity index is 962. The van der Waals surface area contributed by atoms with E-state index in [9.17, 15) is 29.4 Å². The highest BCUT2D eigenvalue weighted by atomic mass is 16.6. The average molecular weight is 479 g/mol. The third-order valence-corrected chi connectivity index (χ3v) is 10.2. The van der Waals surface area contributed by atoms with Crippen LogP contribution in [0.3, 0.4) is 0 Å². The number of esters is 3. The number of rotatable bonds is 2. The van der Waals surface area contributed by atoms with Gasteiger partial charge >= 0.3 is 17.9 Å². The van der Waals surface area contributed by atoms with Gasteiger partial charge in [-0.25, -0.2) is 0 Å². The van der Waals surface area contributed by atoms with Gasteiger partial charge in [0.2, 0.25) is 0 Å². The van der Waals surface area contributed by atoms with Crippen molar-refractivity contribution in [2.75, 3.05) is 0 Å². The predicted molar refractivity (Wildman–Crippen MR) is 115 cm³/mol. The molecule has 34 heavy (non-hydrogen) atoms. The van der Waals surface area contributed by atoms with Crippen LogP contribution >= 0.6 is 0 Å². The molecule has 4 saturated carbocycles. The van der Waals surface area contributed by atoms with E-state index in [1.54, 1.807) is 0 Å². The number of cyclic esters (lactones) is 1. The van der Waals surface area contributed by atoms with Crippen LogP contribution in [0.15, 0.2) is 0 Å². The molecule has 10 unspecified atom stereocenters. The van der Waals surface area contributed by atoms with Gasteiger partial charge in [0.25, 0.3) is 0 Å². The SMILES string of the molecule is CC(=O)OC1CC2CC(=O)CCC2(C)C2(O)C(OC(C)=O)CC34C(=O)OC(C)C3CCC4C12O. The molecule has 188 valence electrons. The van der Waals surface area contributed by atoms with Crippen molar-refractivity contribution >= 4 is 23.7 Å². The summed E-state index contributed by atoms with van der Waals surface area (Å²) in [6, 6.07) is 0. The van der Waals surface area contributed by atoms with Gasteiger partial charge in [0.15, 0.2) is 0 Å². The van der Waals surface area contributed by atoms with Gasteiger partial charge in [0.05, 0.1) is 5.41 Å². The van der Waals surface area contributed by atoms with Gasteiger partial charge in [-0.3, -0.25) is 19.2 Å². The quantitative estimate of drug-likeness (QED) is 0.446. The summed E-state index contributed by atoms with van der Waals surface area (Å²) in [6.07, 6.45) is -0.847. The molecule has 0 aromatic carbocycles. The zero-order chi connectivity index (χ0) is 24.8. The van der Waals surface area contributed by atoms with E-state index in [0.29, 0.717) is 19.3 Å². The fraction of sp³-hybridized carbons (Fsp3) is 0.840. The summed E-state index contributed by atoms with van der Waals surface area (Å²) in [6.45, 7) is 6.10. The minimum absolute atomic E-state index is 0.0208. The normalized spacial score (nSPS) is 51.5. The topological polar surface area (TPSA) is 136 Å². The van der Waals surface area contributed by atoms with E-state index in [2.05, 4.69) is 0 Å². The van der Waals surface area contributed by atoms with E-state index in [-0.39, 0.29) is 49.4 Å². The fourth-order valence-corrected chi connectivity index (χ4v) is 8.84. The predicted octanol–water partition coefficient (Wildman–Crippen LogP) is 1.45. The average Bonchev–Trinajstić information content (AvgIpc) is 3.23. The lowest BCUT2D eigenvalue weighted by molar-refractivity contribution is -0.367.